The summed E-state index contributed by atoms with van der Waals surface area (Å²) in [6.07, 6.45) is -23.1. The van der Waals surface area contributed by atoms with Crippen molar-refractivity contribution in [3.05, 3.63) is 0 Å². The summed E-state index contributed by atoms with van der Waals surface area (Å²) in [5.41, 5.74) is 0. The van der Waals surface area contributed by atoms with E-state index in [2.05, 4.69) is 0 Å². The first-order valence-electron chi connectivity index (χ1n) is 11.0. The third kappa shape index (κ3) is 6.10. The van der Waals surface area contributed by atoms with Crippen LogP contribution in [0.4, 0.5) is 0 Å². The van der Waals surface area contributed by atoms with E-state index in [0.29, 0.717) is 0 Å². The van der Waals surface area contributed by atoms with E-state index >= 15 is 0 Å². The molecule has 0 saturated carbocycles. The van der Waals surface area contributed by atoms with E-state index in [1.54, 1.807) is 0 Å². The first kappa shape index (κ1) is 28.9. The molecular formula is C19H34O16. The van der Waals surface area contributed by atoms with E-state index in [4.69, 9.17) is 28.4 Å². The van der Waals surface area contributed by atoms with Gasteiger partial charge in [-0.3, -0.25) is 0 Å². The summed E-state index contributed by atoms with van der Waals surface area (Å²) in [6.45, 7) is -1.72. The van der Waals surface area contributed by atoms with Crippen molar-refractivity contribution in [1.29, 1.82) is 0 Å². The van der Waals surface area contributed by atoms with Gasteiger partial charge in [-0.1, -0.05) is 0 Å². The molecule has 0 radical (unpaired) electrons. The largest absolute Gasteiger partial charge is 0.394 e. The smallest absolute Gasteiger partial charge is 0.186 e. The lowest BCUT2D eigenvalue weighted by Gasteiger charge is -2.43. The second-order valence-electron chi connectivity index (χ2n) is 8.63. The summed E-state index contributed by atoms with van der Waals surface area (Å²) in [7, 11) is 1.21. The Hall–Kier alpha value is -0.640. The number of aliphatic hydroxyl groups is 10. The normalized spacial score (nSPS) is 51.3. The SMILES string of the molecule is COC1OC(COC2OC(COC3OC(CO)C(O)C(O)C3O)C(O)C(O)C2O)C(O)C(O)C1O. The Bertz CT molecular complexity index is 600. The number of methoxy groups -OCH3 is 1. The second kappa shape index (κ2) is 12.3. The van der Waals surface area contributed by atoms with Crippen LogP contribution in [-0.4, -0.2) is 170 Å². The van der Waals surface area contributed by atoms with Gasteiger partial charge in [0.15, 0.2) is 18.9 Å². The Morgan fingerprint density at radius 2 is 0.829 bits per heavy atom. The Kier molecular flexibility index (Phi) is 10.1. The van der Waals surface area contributed by atoms with Crippen molar-refractivity contribution in [2.45, 2.75) is 92.1 Å². The molecule has 0 aromatic heterocycles. The molecule has 0 spiro atoms. The van der Waals surface area contributed by atoms with Crippen molar-refractivity contribution in [3.63, 3.8) is 0 Å². The molecule has 10 N–H and O–H groups in total. The highest BCUT2D eigenvalue weighted by molar-refractivity contribution is 4.93. The molecule has 15 atom stereocenters. The van der Waals surface area contributed by atoms with Crippen LogP contribution in [0.25, 0.3) is 0 Å². The quantitative estimate of drug-likeness (QED) is 0.143. The lowest BCUT2D eigenvalue weighted by Crippen LogP contribution is -2.62. The molecule has 3 aliphatic rings. The molecular weight excluding hydrogens is 484 g/mol. The zero-order valence-electron chi connectivity index (χ0n) is 18.7. The molecule has 15 unspecified atom stereocenters. The maximum Gasteiger partial charge on any atom is 0.186 e. The van der Waals surface area contributed by atoms with Gasteiger partial charge in [0, 0.05) is 7.11 Å². The molecule has 16 heteroatoms. The van der Waals surface area contributed by atoms with Gasteiger partial charge in [-0.25, -0.2) is 0 Å². The molecule has 35 heavy (non-hydrogen) atoms. The van der Waals surface area contributed by atoms with E-state index in [0.717, 1.165) is 0 Å². The van der Waals surface area contributed by atoms with Crippen LogP contribution in [-0.2, 0) is 28.4 Å². The average Bonchev–Trinajstić information content (AvgIpc) is 2.85. The fraction of sp³-hybridized carbons (Fsp3) is 1.00. The van der Waals surface area contributed by atoms with Gasteiger partial charge in [-0.15, -0.1) is 0 Å². The molecule has 16 nitrogen and oxygen atoms in total. The van der Waals surface area contributed by atoms with Crippen LogP contribution in [0, 0.1) is 0 Å². The van der Waals surface area contributed by atoms with Crippen LogP contribution < -0.4 is 0 Å². The highest BCUT2D eigenvalue weighted by atomic mass is 16.7. The Morgan fingerprint density at radius 3 is 1.23 bits per heavy atom. The third-order valence-corrected chi connectivity index (χ3v) is 6.27. The van der Waals surface area contributed by atoms with E-state index in [-0.39, 0.29) is 0 Å². The van der Waals surface area contributed by atoms with Crippen LogP contribution in [0.15, 0.2) is 0 Å². The molecule has 0 aromatic carbocycles. The first-order chi connectivity index (χ1) is 16.5. The molecule has 3 aliphatic heterocycles. The molecule has 3 heterocycles. The monoisotopic (exact) mass is 518 g/mol. The highest BCUT2D eigenvalue weighted by Crippen LogP contribution is 2.27. The van der Waals surface area contributed by atoms with Crippen LogP contribution in [0.5, 0.6) is 0 Å². The maximum absolute atomic E-state index is 10.3. The molecule has 0 bridgehead atoms. The highest BCUT2D eigenvalue weighted by Gasteiger charge is 2.49. The van der Waals surface area contributed by atoms with Crippen molar-refractivity contribution >= 4 is 0 Å². The van der Waals surface area contributed by atoms with Crippen LogP contribution in [0.2, 0.25) is 0 Å². The van der Waals surface area contributed by atoms with E-state index in [9.17, 15) is 51.1 Å². The zero-order chi connectivity index (χ0) is 26.0. The number of hydrogen-bond donors (Lipinski definition) is 10. The predicted molar refractivity (Wildman–Crippen MR) is 106 cm³/mol. The molecule has 206 valence electrons. The summed E-state index contributed by atoms with van der Waals surface area (Å²) in [5, 5.41) is 99.5. The third-order valence-electron chi connectivity index (χ3n) is 6.27. The fourth-order valence-electron chi connectivity index (χ4n) is 4.03. The van der Waals surface area contributed by atoms with Gasteiger partial charge < -0.3 is 79.5 Å². The molecule has 3 fully saturated rings. The minimum Gasteiger partial charge on any atom is -0.394 e. The summed E-state index contributed by atoms with van der Waals surface area (Å²) < 4.78 is 31.6. The predicted octanol–water partition coefficient (Wildman–Crippen LogP) is -6.92. The Balaban J connectivity index is 1.59. The molecule has 0 aliphatic carbocycles. The van der Waals surface area contributed by atoms with E-state index in [1.807, 2.05) is 0 Å². The molecule has 3 rings (SSSR count). The number of rotatable bonds is 8. The van der Waals surface area contributed by atoms with Crippen molar-refractivity contribution in [1.82, 2.24) is 0 Å². The van der Waals surface area contributed by atoms with Crippen molar-refractivity contribution < 1.29 is 79.5 Å². The number of hydrogen-bond acceptors (Lipinski definition) is 16. The minimum absolute atomic E-state index is 0.490. The van der Waals surface area contributed by atoms with Gasteiger partial charge in [0.1, 0.15) is 73.2 Å². The van der Waals surface area contributed by atoms with Crippen LogP contribution in [0.3, 0.4) is 0 Å². The lowest BCUT2D eigenvalue weighted by molar-refractivity contribution is -0.341. The maximum atomic E-state index is 10.3. The van der Waals surface area contributed by atoms with Gasteiger partial charge in [0.2, 0.25) is 0 Å². The van der Waals surface area contributed by atoms with Gasteiger partial charge in [-0.2, -0.15) is 0 Å². The van der Waals surface area contributed by atoms with E-state index in [1.165, 1.54) is 7.11 Å². The topological polar surface area (TPSA) is 258 Å². The van der Waals surface area contributed by atoms with Gasteiger partial charge >= 0.3 is 0 Å². The molecule has 0 amide bonds. The summed E-state index contributed by atoms with van der Waals surface area (Å²) in [6, 6.07) is 0. The van der Waals surface area contributed by atoms with Crippen LogP contribution >= 0.6 is 0 Å². The minimum atomic E-state index is -1.77. The van der Waals surface area contributed by atoms with Crippen LogP contribution in [0.1, 0.15) is 0 Å². The molecule has 3 saturated heterocycles. The van der Waals surface area contributed by atoms with Crippen molar-refractivity contribution in [2.24, 2.45) is 0 Å². The number of aliphatic hydroxyl groups excluding tert-OH is 10. The average molecular weight is 518 g/mol. The second-order valence-corrected chi connectivity index (χ2v) is 8.63. The van der Waals surface area contributed by atoms with Gasteiger partial charge in [-0.05, 0) is 0 Å². The Labute approximate surface area is 199 Å². The Morgan fingerprint density at radius 1 is 0.486 bits per heavy atom. The standard InChI is InChI=1S/C19H34O16/c1-30-17-14(27)12(25)9(22)6(34-17)3-32-19-16(29)13(26)10(23)7(35-19)4-31-18-15(28)11(24)8(21)5(2-20)33-18/h5-29H,2-4H2,1H3. The fourth-order valence-corrected chi connectivity index (χ4v) is 4.03. The summed E-state index contributed by atoms with van der Waals surface area (Å²) in [5.74, 6) is 0. The lowest BCUT2D eigenvalue weighted by atomic mass is 9.98. The van der Waals surface area contributed by atoms with Crippen molar-refractivity contribution in [2.75, 3.05) is 26.9 Å². The van der Waals surface area contributed by atoms with Crippen molar-refractivity contribution in [3.8, 4) is 0 Å². The first-order valence-corrected chi connectivity index (χ1v) is 11.0. The van der Waals surface area contributed by atoms with Gasteiger partial charge in [0.25, 0.3) is 0 Å². The summed E-state index contributed by atoms with van der Waals surface area (Å²) >= 11 is 0. The van der Waals surface area contributed by atoms with E-state index < -0.39 is 112 Å². The van der Waals surface area contributed by atoms with Gasteiger partial charge in [0.05, 0.1) is 19.8 Å². The summed E-state index contributed by atoms with van der Waals surface area (Å²) in [4.78, 5) is 0. The number of ether oxygens (including phenoxy) is 6. The molecule has 0 aromatic rings. The zero-order valence-corrected chi connectivity index (χ0v) is 18.7.